The molecule has 0 aromatic heterocycles. The summed E-state index contributed by atoms with van der Waals surface area (Å²) in [5.41, 5.74) is 2.89. The highest BCUT2D eigenvalue weighted by Gasteiger charge is 2.52. The lowest BCUT2D eigenvalue weighted by Gasteiger charge is -2.43. The minimum absolute atomic E-state index is 0.0904. The minimum atomic E-state index is -1.93. The fraction of sp³-hybridized carbons (Fsp3) is 0.750. The van der Waals surface area contributed by atoms with Crippen LogP contribution in [0.15, 0.2) is 30.3 Å². The van der Waals surface area contributed by atoms with Gasteiger partial charge in [-0.05, 0) is 28.1 Å². The third-order valence-electron chi connectivity index (χ3n) is 7.32. The first-order valence-corrected chi connectivity index (χ1v) is 13.5. The molecule has 1 N–H and O–H groups in total. The van der Waals surface area contributed by atoms with Crippen LogP contribution in [0.5, 0.6) is 0 Å². The molecule has 0 spiro atoms. The molecule has 2 unspecified atom stereocenters. The molecule has 5 atom stereocenters. The van der Waals surface area contributed by atoms with E-state index in [-0.39, 0.29) is 18.1 Å². The second-order valence-electron chi connectivity index (χ2n) is 9.89. The maximum atomic E-state index is 10.0. The zero-order valence-corrected chi connectivity index (χ0v) is 20.0. The van der Waals surface area contributed by atoms with Crippen molar-refractivity contribution in [3.63, 3.8) is 0 Å². The van der Waals surface area contributed by atoms with Crippen molar-refractivity contribution in [2.24, 2.45) is 11.8 Å². The van der Waals surface area contributed by atoms with Gasteiger partial charge in [-0.15, -0.1) is 0 Å². The van der Waals surface area contributed by atoms with Crippen LogP contribution in [0.4, 0.5) is 0 Å². The van der Waals surface area contributed by atoms with Crippen molar-refractivity contribution >= 4 is 8.32 Å². The first kappa shape index (κ1) is 23.0. The molecule has 1 aliphatic carbocycles. The van der Waals surface area contributed by atoms with Crippen molar-refractivity contribution in [2.45, 2.75) is 96.1 Å². The summed E-state index contributed by atoms with van der Waals surface area (Å²) in [5, 5.41) is 10.0. The fourth-order valence-corrected chi connectivity index (χ4v) is 11.5. The minimum Gasteiger partial charge on any atom is -0.416 e. The molecular formula is C24H40O4Si. The Bertz CT molecular complexity index is 611. The van der Waals surface area contributed by atoms with Crippen molar-refractivity contribution in [1.29, 1.82) is 0 Å². The van der Waals surface area contributed by atoms with E-state index in [0.717, 1.165) is 13.0 Å². The lowest BCUT2D eigenvalue weighted by atomic mass is 9.93. The smallest absolute Gasteiger partial charge is 0.200 e. The molecule has 3 rings (SSSR count). The van der Waals surface area contributed by atoms with Crippen LogP contribution < -0.4 is 0 Å². The van der Waals surface area contributed by atoms with Crippen molar-refractivity contribution in [3.8, 4) is 0 Å². The lowest BCUT2D eigenvalue weighted by Crippen LogP contribution is -2.49. The first-order valence-electron chi connectivity index (χ1n) is 11.4. The van der Waals surface area contributed by atoms with Crippen LogP contribution in [0.1, 0.15) is 59.9 Å². The summed E-state index contributed by atoms with van der Waals surface area (Å²) in [6, 6.07) is 10.3. The zero-order valence-electron chi connectivity index (χ0n) is 19.0. The molecule has 2 fully saturated rings. The molecule has 1 saturated carbocycles. The first-order chi connectivity index (χ1) is 13.8. The molecule has 1 heterocycles. The molecule has 29 heavy (non-hydrogen) atoms. The standard InChI is InChI=1S/C24H40O4Si/c1-16(2)29(17(3)4,18(5)6)27-15-21-20-12-24(25)28-23(20)13-22(21)26-14-19-10-8-7-9-11-19/h7-11,16-18,20-25H,12-15H2,1-6H3/t20?,21-,22-,23+,24?/m1/s1. The van der Waals surface area contributed by atoms with Gasteiger partial charge in [0.05, 0.1) is 18.8 Å². The van der Waals surface area contributed by atoms with Crippen LogP contribution in [0.2, 0.25) is 16.6 Å². The molecule has 4 nitrogen and oxygen atoms in total. The maximum absolute atomic E-state index is 10.0. The molecular weight excluding hydrogens is 380 g/mol. The Balaban J connectivity index is 1.73. The van der Waals surface area contributed by atoms with Crippen molar-refractivity contribution < 1.29 is 19.0 Å². The van der Waals surface area contributed by atoms with E-state index in [9.17, 15) is 5.11 Å². The van der Waals surface area contributed by atoms with Crippen LogP contribution in [-0.2, 0) is 20.5 Å². The predicted molar refractivity (Wildman–Crippen MR) is 119 cm³/mol. The Morgan fingerprint density at radius 2 is 1.62 bits per heavy atom. The normalized spacial score (nSPS) is 29.9. The summed E-state index contributed by atoms with van der Waals surface area (Å²) in [6.07, 6.45) is 1.12. The average Bonchev–Trinajstić information content (AvgIpc) is 3.16. The molecule has 1 aromatic carbocycles. The summed E-state index contributed by atoms with van der Waals surface area (Å²) in [4.78, 5) is 0. The van der Waals surface area contributed by atoms with Crippen LogP contribution in [-0.4, -0.2) is 38.5 Å². The highest BCUT2D eigenvalue weighted by atomic mass is 28.4. The third kappa shape index (κ3) is 4.80. The molecule has 1 saturated heterocycles. The van der Waals surface area contributed by atoms with Gasteiger partial charge in [-0.25, -0.2) is 0 Å². The van der Waals surface area contributed by atoms with Gasteiger partial charge in [0, 0.05) is 25.4 Å². The van der Waals surface area contributed by atoms with E-state index in [1.807, 2.05) is 6.07 Å². The number of aliphatic hydroxyl groups excluding tert-OH is 1. The number of hydrogen-bond donors (Lipinski definition) is 1. The SMILES string of the molecule is CC(C)[Si](OC[C@@H]1C2CC(O)O[C@H]2C[C@H]1OCc1ccccc1)(C(C)C)C(C)C. The second kappa shape index (κ2) is 9.61. The molecule has 164 valence electrons. The van der Waals surface area contributed by atoms with Crippen molar-refractivity contribution in [2.75, 3.05) is 6.61 Å². The highest BCUT2D eigenvalue weighted by Crippen LogP contribution is 2.47. The molecule has 1 aromatic rings. The van der Waals surface area contributed by atoms with Crippen LogP contribution in [0, 0.1) is 11.8 Å². The third-order valence-corrected chi connectivity index (χ3v) is 13.4. The molecule has 0 bridgehead atoms. The summed E-state index contributed by atoms with van der Waals surface area (Å²) in [5.74, 6) is 0.605. The Morgan fingerprint density at radius 3 is 2.21 bits per heavy atom. The largest absolute Gasteiger partial charge is 0.416 e. The summed E-state index contributed by atoms with van der Waals surface area (Å²) >= 11 is 0. The van der Waals surface area contributed by atoms with E-state index >= 15 is 0 Å². The lowest BCUT2D eigenvalue weighted by molar-refractivity contribution is -0.0998. The Kier molecular flexibility index (Phi) is 7.60. The summed E-state index contributed by atoms with van der Waals surface area (Å²) in [6.45, 7) is 15.3. The zero-order chi connectivity index (χ0) is 21.2. The molecule has 2 aliphatic rings. The van der Waals surface area contributed by atoms with Gasteiger partial charge < -0.3 is 19.0 Å². The van der Waals surface area contributed by atoms with E-state index in [4.69, 9.17) is 13.9 Å². The van der Waals surface area contributed by atoms with E-state index in [1.54, 1.807) is 0 Å². The number of fused-ring (bicyclic) bond motifs is 1. The van der Waals surface area contributed by atoms with Gasteiger partial charge in [-0.1, -0.05) is 71.9 Å². The Hall–Kier alpha value is -0.723. The Labute approximate surface area is 178 Å². The van der Waals surface area contributed by atoms with Gasteiger partial charge in [0.1, 0.15) is 0 Å². The topological polar surface area (TPSA) is 47.9 Å². The van der Waals surface area contributed by atoms with E-state index in [2.05, 4.69) is 65.8 Å². The molecule has 5 heteroatoms. The number of rotatable bonds is 9. The van der Waals surface area contributed by atoms with Crippen LogP contribution in [0.3, 0.4) is 0 Å². The number of aliphatic hydroxyl groups is 1. The summed E-state index contributed by atoms with van der Waals surface area (Å²) < 4.78 is 19.1. The van der Waals surface area contributed by atoms with Gasteiger partial charge in [0.15, 0.2) is 14.6 Å². The average molecular weight is 421 g/mol. The van der Waals surface area contributed by atoms with E-state index in [0.29, 0.717) is 35.6 Å². The van der Waals surface area contributed by atoms with Gasteiger partial charge in [-0.3, -0.25) is 0 Å². The molecule has 0 amide bonds. The van der Waals surface area contributed by atoms with Crippen molar-refractivity contribution in [3.05, 3.63) is 35.9 Å². The number of ether oxygens (including phenoxy) is 2. The van der Waals surface area contributed by atoms with Gasteiger partial charge >= 0.3 is 0 Å². The van der Waals surface area contributed by atoms with Crippen molar-refractivity contribution in [1.82, 2.24) is 0 Å². The summed E-state index contributed by atoms with van der Waals surface area (Å²) in [7, 11) is -1.93. The second-order valence-corrected chi connectivity index (χ2v) is 15.4. The number of hydrogen-bond acceptors (Lipinski definition) is 4. The number of benzene rings is 1. The highest BCUT2D eigenvalue weighted by molar-refractivity contribution is 6.77. The molecule has 1 aliphatic heterocycles. The van der Waals surface area contributed by atoms with E-state index in [1.165, 1.54) is 5.56 Å². The molecule has 0 radical (unpaired) electrons. The fourth-order valence-electron chi connectivity index (χ4n) is 6.04. The maximum Gasteiger partial charge on any atom is 0.200 e. The van der Waals surface area contributed by atoms with E-state index < -0.39 is 14.6 Å². The van der Waals surface area contributed by atoms with Crippen LogP contribution >= 0.6 is 0 Å². The van der Waals surface area contributed by atoms with Gasteiger partial charge in [0.2, 0.25) is 0 Å². The quantitative estimate of drug-likeness (QED) is 0.535. The predicted octanol–water partition coefficient (Wildman–Crippen LogP) is 5.51. The Morgan fingerprint density at radius 1 is 1.00 bits per heavy atom. The van der Waals surface area contributed by atoms with Crippen LogP contribution in [0.25, 0.3) is 0 Å². The van der Waals surface area contributed by atoms with Gasteiger partial charge in [0.25, 0.3) is 0 Å². The monoisotopic (exact) mass is 420 g/mol. The van der Waals surface area contributed by atoms with Gasteiger partial charge in [-0.2, -0.15) is 0 Å².